The highest BCUT2D eigenvalue weighted by atomic mass is 35.5. The average molecular weight is 394 g/mol. The molecule has 1 aliphatic heterocycles. The molecule has 0 saturated heterocycles. The molecule has 0 amide bonds. The summed E-state index contributed by atoms with van der Waals surface area (Å²) in [6.45, 7) is 0. The highest BCUT2D eigenvalue weighted by Crippen LogP contribution is 2.32. The number of halogens is 2. The summed E-state index contributed by atoms with van der Waals surface area (Å²) in [5, 5.41) is 3.67. The number of anilines is 1. The van der Waals surface area contributed by atoms with Gasteiger partial charge < -0.3 is 10.1 Å². The molecule has 0 aliphatic carbocycles. The lowest BCUT2D eigenvalue weighted by Gasteiger charge is -2.15. The van der Waals surface area contributed by atoms with E-state index in [1.54, 1.807) is 43.5 Å². The van der Waals surface area contributed by atoms with Gasteiger partial charge in [-0.05, 0) is 54.1 Å². The summed E-state index contributed by atoms with van der Waals surface area (Å²) in [6.07, 6.45) is -1.53. The highest BCUT2D eigenvalue weighted by molar-refractivity contribution is 6.31. The van der Waals surface area contributed by atoms with Gasteiger partial charge in [0.15, 0.2) is 6.17 Å². The molecule has 0 bridgehead atoms. The summed E-state index contributed by atoms with van der Waals surface area (Å²) < 4.78 is 20.7. The number of methoxy groups -OCH3 is 1. The molecule has 1 aliphatic rings. The molecule has 4 rings (SSSR count). The fourth-order valence-corrected chi connectivity index (χ4v) is 3.03. The van der Waals surface area contributed by atoms with Crippen LogP contribution in [0.1, 0.15) is 5.56 Å². The molecular weight excluding hydrogens is 377 g/mol. The maximum Gasteiger partial charge on any atom is 0.200 e. The quantitative estimate of drug-likeness (QED) is 0.596. The van der Waals surface area contributed by atoms with E-state index in [2.05, 4.69) is 15.3 Å². The van der Waals surface area contributed by atoms with Crippen LogP contribution in [-0.4, -0.2) is 24.8 Å². The van der Waals surface area contributed by atoms with Crippen LogP contribution < -0.4 is 10.1 Å². The molecule has 0 spiro atoms. The van der Waals surface area contributed by atoms with E-state index >= 15 is 4.39 Å². The first-order valence-electron chi connectivity index (χ1n) is 8.71. The van der Waals surface area contributed by atoms with E-state index in [1.807, 2.05) is 36.4 Å². The van der Waals surface area contributed by atoms with Crippen molar-refractivity contribution in [1.29, 1.82) is 0 Å². The number of amidine groups is 1. The molecular formula is C22H17ClFN3O. The van der Waals surface area contributed by atoms with Crippen LogP contribution in [0.5, 0.6) is 5.75 Å². The molecule has 0 fully saturated rings. The predicted octanol–water partition coefficient (Wildman–Crippen LogP) is 5.96. The summed E-state index contributed by atoms with van der Waals surface area (Å²) in [7, 11) is 1.60. The summed E-state index contributed by atoms with van der Waals surface area (Å²) in [5.41, 5.74) is 2.85. The van der Waals surface area contributed by atoms with Crippen LogP contribution in [0.25, 0.3) is 0 Å². The van der Waals surface area contributed by atoms with Crippen LogP contribution >= 0.6 is 11.6 Å². The van der Waals surface area contributed by atoms with Gasteiger partial charge >= 0.3 is 0 Å². The van der Waals surface area contributed by atoms with Gasteiger partial charge in [-0.3, -0.25) is 0 Å². The summed E-state index contributed by atoms with van der Waals surface area (Å²) in [5.74, 6) is 0.891. The first-order valence-corrected chi connectivity index (χ1v) is 9.09. The van der Waals surface area contributed by atoms with E-state index in [0.29, 0.717) is 27.6 Å². The van der Waals surface area contributed by atoms with Crippen LogP contribution in [0.15, 0.2) is 82.8 Å². The maximum atomic E-state index is 15.6. The van der Waals surface area contributed by atoms with Gasteiger partial charge in [0.25, 0.3) is 0 Å². The molecule has 3 aromatic carbocycles. The van der Waals surface area contributed by atoms with Crippen LogP contribution in [0, 0.1) is 0 Å². The van der Waals surface area contributed by atoms with Gasteiger partial charge in [-0.25, -0.2) is 14.4 Å². The number of hydrogen-bond acceptors (Lipinski definition) is 4. The Balaban J connectivity index is 1.76. The third-order valence-corrected chi connectivity index (χ3v) is 4.60. The molecule has 1 atom stereocenters. The van der Waals surface area contributed by atoms with Gasteiger partial charge in [0.05, 0.1) is 24.2 Å². The van der Waals surface area contributed by atoms with E-state index in [-0.39, 0.29) is 11.5 Å². The van der Waals surface area contributed by atoms with Crippen molar-refractivity contribution in [1.82, 2.24) is 0 Å². The second-order valence-electron chi connectivity index (χ2n) is 6.21. The minimum atomic E-state index is -1.53. The number of benzene rings is 3. The average Bonchev–Trinajstić information content (AvgIpc) is 2.86. The highest BCUT2D eigenvalue weighted by Gasteiger charge is 2.27. The van der Waals surface area contributed by atoms with Crippen molar-refractivity contribution in [3.05, 3.63) is 83.4 Å². The number of rotatable bonds is 3. The van der Waals surface area contributed by atoms with Crippen LogP contribution in [0.2, 0.25) is 5.02 Å². The first kappa shape index (κ1) is 18.2. The first-order chi connectivity index (χ1) is 13.6. The Morgan fingerprint density at radius 3 is 2.18 bits per heavy atom. The second-order valence-corrected chi connectivity index (χ2v) is 6.64. The van der Waals surface area contributed by atoms with Gasteiger partial charge in [-0.2, -0.15) is 0 Å². The Bertz CT molecular complexity index is 1050. The minimum Gasteiger partial charge on any atom is -0.497 e. The fraction of sp³-hybridized carbons (Fsp3) is 0.0909. The Labute approximate surface area is 167 Å². The van der Waals surface area contributed by atoms with Crippen molar-refractivity contribution in [3.8, 4) is 5.75 Å². The number of para-hydroxylation sites is 2. The largest absolute Gasteiger partial charge is 0.497 e. The topological polar surface area (TPSA) is 46.0 Å². The standard InChI is InChI=1S/C22H17ClFN3O/c1-28-17-12-10-16(11-13-17)25-22-20(24)21(14-6-8-15(23)9-7-14)26-18-4-2-3-5-19(18)27-22/h2-13,20H,1H3,(H,25,27). The predicted molar refractivity (Wildman–Crippen MR) is 113 cm³/mol. The lowest BCUT2D eigenvalue weighted by molar-refractivity contribution is 0.415. The third-order valence-electron chi connectivity index (χ3n) is 4.35. The fourth-order valence-electron chi connectivity index (χ4n) is 2.90. The third kappa shape index (κ3) is 3.75. The van der Waals surface area contributed by atoms with Gasteiger partial charge in [-0.15, -0.1) is 0 Å². The summed E-state index contributed by atoms with van der Waals surface area (Å²) in [4.78, 5) is 9.07. The second kappa shape index (κ2) is 7.82. The van der Waals surface area contributed by atoms with Crippen molar-refractivity contribution >= 4 is 40.2 Å². The van der Waals surface area contributed by atoms with Crippen LogP contribution in [0.3, 0.4) is 0 Å². The zero-order chi connectivity index (χ0) is 19.5. The maximum absolute atomic E-state index is 15.6. The normalized spacial score (nSPS) is 15.8. The summed E-state index contributed by atoms with van der Waals surface area (Å²) in [6, 6.07) is 21.5. The Kier molecular flexibility index (Phi) is 5.08. The minimum absolute atomic E-state index is 0.170. The number of aliphatic imine (C=N–C) groups is 2. The number of fused-ring (bicyclic) bond motifs is 1. The van der Waals surface area contributed by atoms with Gasteiger partial charge in [-0.1, -0.05) is 35.9 Å². The molecule has 4 nitrogen and oxygen atoms in total. The van der Waals surface area contributed by atoms with Crippen molar-refractivity contribution < 1.29 is 9.13 Å². The molecule has 0 aromatic heterocycles. The van der Waals surface area contributed by atoms with Crippen molar-refractivity contribution in [3.63, 3.8) is 0 Å². The van der Waals surface area contributed by atoms with Crippen molar-refractivity contribution in [2.45, 2.75) is 6.17 Å². The number of nitrogens with zero attached hydrogens (tertiary/aromatic N) is 2. The van der Waals surface area contributed by atoms with Gasteiger partial charge in [0.2, 0.25) is 0 Å². The Morgan fingerprint density at radius 1 is 0.893 bits per heavy atom. The smallest absolute Gasteiger partial charge is 0.200 e. The number of ether oxygens (including phenoxy) is 1. The molecule has 6 heteroatoms. The molecule has 1 N–H and O–H groups in total. The lowest BCUT2D eigenvalue weighted by atomic mass is 10.0. The van der Waals surface area contributed by atoms with Crippen LogP contribution in [-0.2, 0) is 0 Å². The van der Waals surface area contributed by atoms with E-state index in [4.69, 9.17) is 16.3 Å². The van der Waals surface area contributed by atoms with Crippen LogP contribution in [0.4, 0.5) is 21.5 Å². The molecule has 0 saturated carbocycles. The molecule has 0 radical (unpaired) electrons. The number of alkyl halides is 1. The molecule has 1 heterocycles. The zero-order valence-electron chi connectivity index (χ0n) is 15.1. The van der Waals surface area contributed by atoms with Gasteiger partial charge in [0.1, 0.15) is 11.6 Å². The van der Waals surface area contributed by atoms with Crippen molar-refractivity contribution in [2.24, 2.45) is 9.98 Å². The van der Waals surface area contributed by atoms with E-state index in [0.717, 1.165) is 5.75 Å². The molecule has 28 heavy (non-hydrogen) atoms. The summed E-state index contributed by atoms with van der Waals surface area (Å²) >= 11 is 5.98. The molecule has 140 valence electrons. The van der Waals surface area contributed by atoms with E-state index in [1.165, 1.54) is 0 Å². The SMILES string of the molecule is COc1ccc(NC2=Nc3ccccc3N=C(c3ccc(Cl)cc3)C2F)cc1. The number of nitrogens with one attached hydrogen (secondary N) is 1. The van der Waals surface area contributed by atoms with E-state index in [9.17, 15) is 0 Å². The van der Waals surface area contributed by atoms with E-state index < -0.39 is 6.17 Å². The van der Waals surface area contributed by atoms with Crippen molar-refractivity contribution in [2.75, 3.05) is 12.4 Å². The lowest BCUT2D eigenvalue weighted by Crippen LogP contribution is -2.31. The van der Waals surface area contributed by atoms with Gasteiger partial charge in [0, 0.05) is 10.7 Å². The zero-order valence-corrected chi connectivity index (χ0v) is 15.8. The molecule has 1 unspecified atom stereocenters. The monoisotopic (exact) mass is 393 g/mol. The Morgan fingerprint density at radius 2 is 1.54 bits per heavy atom. The molecule has 3 aromatic rings. The Hall–Kier alpha value is -3.18. The number of hydrogen-bond donors (Lipinski definition) is 1.